The largest absolute Gasteiger partial charge is 0.497 e. The third-order valence-electron chi connectivity index (χ3n) is 5.04. The molecule has 0 amide bonds. The van der Waals surface area contributed by atoms with Gasteiger partial charge in [-0.2, -0.15) is 0 Å². The van der Waals surface area contributed by atoms with Gasteiger partial charge in [0.2, 0.25) is 0 Å². The first-order chi connectivity index (χ1) is 14.2. The van der Waals surface area contributed by atoms with Crippen molar-refractivity contribution in [2.75, 3.05) is 27.4 Å². The van der Waals surface area contributed by atoms with Crippen LogP contribution in [0.4, 0.5) is 0 Å². The monoisotopic (exact) mass is 392 g/mol. The second kappa shape index (κ2) is 10.1. The Kier molecular flexibility index (Phi) is 7.28. The molecule has 0 heterocycles. The summed E-state index contributed by atoms with van der Waals surface area (Å²) in [6.45, 7) is 0.681. The summed E-state index contributed by atoms with van der Waals surface area (Å²) in [5, 5.41) is 9.18. The molecule has 152 valence electrons. The number of ether oxygens (including phenoxy) is 3. The third-order valence-corrected chi connectivity index (χ3v) is 5.04. The van der Waals surface area contributed by atoms with Crippen LogP contribution in [0.1, 0.15) is 29.5 Å². The van der Waals surface area contributed by atoms with Crippen LogP contribution >= 0.6 is 0 Å². The summed E-state index contributed by atoms with van der Waals surface area (Å²) in [6, 6.07) is 26.2. The molecule has 0 saturated carbocycles. The number of rotatable bonds is 10. The van der Waals surface area contributed by atoms with E-state index in [0.717, 1.165) is 34.6 Å². The average Bonchev–Trinajstić information content (AvgIpc) is 2.80. The van der Waals surface area contributed by atoms with E-state index in [-0.39, 0.29) is 6.61 Å². The van der Waals surface area contributed by atoms with Crippen molar-refractivity contribution in [3.05, 3.63) is 95.6 Å². The van der Waals surface area contributed by atoms with Crippen LogP contribution in [0.25, 0.3) is 0 Å². The Balaban J connectivity index is 2.15. The van der Waals surface area contributed by atoms with E-state index in [9.17, 15) is 5.11 Å². The molecule has 0 unspecified atom stereocenters. The molecule has 0 fully saturated rings. The Morgan fingerprint density at radius 1 is 0.655 bits per heavy atom. The zero-order valence-electron chi connectivity index (χ0n) is 17.0. The van der Waals surface area contributed by atoms with Crippen molar-refractivity contribution in [2.24, 2.45) is 0 Å². The maximum atomic E-state index is 9.18. The van der Waals surface area contributed by atoms with Crippen molar-refractivity contribution in [1.82, 2.24) is 0 Å². The van der Waals surface area contributed by atoms with E-state index in [4.69, 9.17) is 14.2 Å². The van der Waals surface area contributed by atoms with Crippen molar-refractivity contribution in [1.29, 1.82) is 0 Å². The van der Waals surface area contributed by atoms with Crippen molar-refractivity contribution >= 4 is 0 Å². The van der Waals surface area contributed by atoms with Gasteiger partial charge in [0.15, 0.2) is 0 Å². The Labute approximate surface area is 172 Å². The minimum Gasteiger partial charge on any atom is -0.497 e. The van der Waals surface area contributed by atoms with E-state index in [1.54, 1.807) is 14.2 Å². The van der Waals surface area contributed by atoms with Gasteiger partial charge in [-0.25, -0.2) is 0 Å². The van der Waals surface area contributed by atoms with Gasteiger partial charge in [0.25, 0.3) is 0 Å². The summed E-state index contributed by atoms with van der Waals surface area (Å²) in [5.74, 6) is 1.59. The molecule has 0 aliphatic heterocycles. The van der Waals surface area contributed by atoms with E-state index in [1.165, 1.54) is 0 Å². The molecular weight excluding hydrogens is 364 g/mol. The maximum Gasteiger partial charge on any atom is 0.143 e. The van der Waals surface area contributed by atoms with Gasteiger partial charge >= 0.3 is 0 Å². The first kappa shape index (κ1) is 20.9. The number of aliphatic hydroxyl groups is 1. The first-order valence-electron chi connectivity index (χ1n) is 9.84. The highest BCUT2D eigenvalue weighted by atomic mass is 16.5. The van der Waals surface area contributed by atoms with E-state index >= 15 is 0 Å². The lowest BCUT2D eigenvalue weighted by Crippen LogP contribution is -2.33. The van der Waals surface area contributed by atoms with Gasteiger partial charge in [-0.15, -0.1) is 0 Å². The zero-order valence-corrected chi connectivity index (χ0v) is 17.0. The molecule has 0 bridgehead atoms. The van der Waals surface area contributed by atoms with Gasteiger partial charge in [-0.3, -0.25) is 0 Å². The minimum absolute atomic E-state index is 0.159. The van der Waals surface area contributed by atoms with Crippen LogP contribution < -0.4 is 9.47 Å². The van der Waals surface area contributed by atoms with Crippen LogP contribution in [-0.4, -0.2) is 32.5 Å². The molecule has 0 aromatic heterocycles. The summed E-state index contributed by atoms with van der Waals surface area (Å²) in [7, 11) is 3.32. The number of unbranched alkanes of at least 4 members (excludes halogenated alkanes) is 1. The number of methoxy groups -OCH3 is 2. The van der Waals surface area contributed by atoms with E-state index in [0.29, 0.717) is 13.0 Å². The van der Waals surface area contributed by atoms with Gasteiger partial charge in [-0.1, -0.05) is 54.6 Å². The van der Waals surface area contributed by atoms with Gasteiger partial charge in [0, 0.05) is 13.2 Å². The standard InChI is InChI=1S/C25H28O4/c1-27-23-14-10-21(11-15-23)25(29-19-7-6-18-26,20-8-4-3-5-9-20)22-12-16-24(28-2)17-13-22/h3-5,8-17,26H,6-7,18-19H2,1-2H3. The van der Waals surface area contributed by atoms with Gasteiger partial charge in [0.1, 0.15) is 17.1 Å². The molecule has 0 radical (unpaired) electrons. The lowest BCUT2D eigenvalue weighted by molar-refractivity contribution is 0.00931. The number of hydrogen-bond acceptors (Lipinski definition) is 4. The minimum atomic E-state index is -0.782. The Morgan fingerprint density at radius 3 is 1.59 bits per heavy atom. The summed E-state index contributed by atoms with van der Waals surface area (Å²) in [6.07, 6.45) is 1.48. The van der Waals surface area contributed by atoms with Crippen LogP contribution in [0.15, 0.2) is 78.9 Å². The normalized spacial score (nSPS) is 11.3. The highest BCUT2D eigenvalue weighted by Gasteiger charge is 2.37. The number of hydrogen-bond donors (Lipinski definition) is 1. The first-order valence-corrected chi connectivity index (χ1v) is 9.84. The van der Waals surface area contributed by atoms with Crippen molar-refractivity contribution in [3.8, 4) is 11.5 Å². The summed E-state index contributed by atoms with van der Waals surface area (Å²) in [5.41, 5.74) is 2.28. The Morgan fingerprint density at radius 2 is 1.14 bits per heavy atom. The predicted molar refractivity (Wildman–Crippen MR) is 115 cm³/mol. The third kappa shape index (κ3) is 4.61. The SMILES string of the molecule is COc1ccc(C(OCCCCO)(c2ccccc2)c2ccc(OC)cc2)cc1. The predicted octanol–water partition coefficient (Wildman–Crippen LogP) is 4.78. The van der Waals surface area contributed by atoms with Crippen LogP contribution in [0.3, 0.4) is 0 Å². The zero-order chi connectivity index (χ0) is 20.5. The molecule has 0 saturated heterocycles. The fourth-order valence-corrected chi connectivity index (χ4v) is 3.51. The Hall–Kier alpha value is -2.82. The van der Waals surface area contributed by atoms with E-state index in [1.807, 2.05) is 66.7 Å². The summed E-state index contributed by atoms with van der Waals surface area (Å²) in [4.78, 5) is 0. The maximum absolute atomic E-state index is 9.18. The molecule has 4 heteroatoms. The molecule has 0 atom stereocenters. The van der Waals surface area contributed by atoms with Crippen molar-refractivity contribution in [3.63, 3.8) is 0 Å². The van der Waals surface area contributed by atoms with Gasteiger partial charge in [-0.05, 0) is 53.8 Å². The molecule has 29 heavy (non-hydrogen) atoms. The molecule has 3 aromatic carbocycles. The quantitative estimate of drug-likeness (QED) is 0.398. The van der Waals surface area contributed by atoms with Crippen LogP contribution in [-0.2, 0) is 10.3 Å². The second-order valence-corrected chi connectivity index (χ2v) is 6.78. The molecule has 0 spiro atoms. The van der Waals surface area contributed by atoms with E-state index in [2.05, 4.69) is 12.1 Å². The highest BCUT2D eigenvalue weighted by molar-refractivity contribution is 5.49. The average molecular weight is 392 g/mol. The number of aliphatic hydroxyl groups excluding tert-OH is 1. The van der Waals surface area contributed by atoms with Crippen molar-refractivity contribution in [2.45, 2.75) is 18.4 Å². The topological polar surface area (TPSA) is 47.9 Å². The fourth-order valence-electron chi connectivity index (χ4n) is 3.51. The van der Waals surface area contributed by atoms with E-state index < -0.39 is 5.60 Å². The Bertz CT molecular complexity index is 810. The molecule has 3 aromatic rings. The smallest absolute Gasteiger partial charge is 0.143 e. The van der Waals surface area contributed by atoms with Crippen LogP contribution in [0.2, 0.25) is 0 Å². The lowest BCUT2D eigenvalue weighted by Gasteiger charge is -2.36. The fraction of sp³-hybridized carbons (Fsp3) is 0.280. The summed E-state index contributed by atoms with van der Waals surface area (Å²) >= 11 is 0. The van der Waals surface area contributed by atoms with Gasteiger partial charge in [0.05, 0.1) is 14.2 Å². The lowest BCUT2D eigenvalue weighted by atomic mass is 9.80. The second-order valence-electron chi connectivity index (χ2n) is 6.78. The molecular formula is C25H28O4. The molecule has 4 nitrogen and oxygen atoms in total. The molecule has 0 aliphatic carbocycles. The van der Waals surface area contributed by atoms with Crippen LogP contribution in [0, 0.1) is 0 Å². The van der Waals surface area contributed by atoms with Gasteiger partial charge < -0.3 is 19.3 Å². The number of benzene rings is 3. The highest BCUT2D eigenvalue weighted by Crippen LogP contribution is 2.41. The molecule has 3 rings (SSSR count). The van der Waals surface area contributed by atoms with Crippen LogP contribution in [0.5, 0.6) is 11.5 Å². The van der Waals surface area contributed by atoms with Crippen molar-refractivity contribution < 1.29 is 19.3 Å². The molecule has 0 aliphatic rings. The summed E-state index contributed by atoms with van der Waals surface area (Å²) < 4.78 is 17.3. The molecule has 1 N–H and O–H groups in total.